The minimum absolute atomic E-state index is 0.0882. The van der Waals surface area contributed by atoms with Gasteiger partial charge in [-0.3, -0.25) is 4.79 Å². The molecule has 1 aliphatic heterocycles. The minimum atomic E-state index is -0.265. The number of amides is 1. The first-order valence-corrected chi connectivity index (χ1v) is 11.8. The number of nitrogens with one attached hydrogen (secondary N) is 2. The van der Waals surface area contributed by atoms with Crippen molar-refractivity contribution in [2.45, 2.75) is 19.9 Å². The number of benzene rings is 1. The molecular formula is C26H26N8O2. The first-order valence-electron chi connectivity index (χ1n) is 11.8. The third-order valence-corrected chi connectivity index (χ3v) is 5.83. The monoisotopic (exact) mass is 482 g/mol. The highest BCUT2D eigenvalue weighted by Crippen LogP contribution is 2.24. The molecule has 1 fully saturated rings. The predicted octanol–water partition coefficient (Wildman–Crippen LogP) is 3.60. The van der Waals surface area contributed by atoms with Crippen LogP contribution in [0, 0.1) is 11.3 Å². The second-order valence-corrected chi connectivity index (χ2v) is 8.79. The van der Waals surface area contributed by atoms with Gasteiger partial charge >= 0.3 is 0 Å². The zero-order chi connectivity index (χ0) is 25.1. The molecule has 0 unspecified atom stereocenters. The molecule has 0 radical (unpaired) electrons. The van der Waals surface area contributed by atoms with E-state index in [1.165, 1.54) is 12.4 Å². The van der Waals surface area contributed by atoms with Crippen LogP contribution in [0.15, 0.2) is 55.0 Å². The van der Waals surface area contributed by atoms with Crippen LogP contribution in [0.3, 0.4) is 0 Å². The summed E-state index contributed by atoms with van der Waals surface area (Å²) in [6.45, 7) is 7.15. The summed E-state index contributed by atoms with van der Waals surface area (Å²) >= 11 is 0. The maximum atomic E-state index is 13.2. The molecule has 2 N–H and O–H groups in total. The van der Waals surface area contributed by atoms with E-state index in [9.17, 15) is 4.79 Å². The molecular weight excluding hydrogens is 456 g/mol. The fourth-order valence-corrected chi connectivity index (χ4v) is 4.10. The highest BCUT2D eigenvalue weighted by molar-refractivity contribution is 6.08. The standard InChI is InChI=1S/C26H26N8O2/c1-17(2)31-23-12-24(34-25-19(15-30-34)11-18(13-27)14-29-25)28-16-22(23)26(35)32-20-3-5-21(6-4-20)33-7-9-36-10-8-33/h3-6,11-12,14-17H,7-10H2,1-2H3,(H,28,31)(H,32,35). The quantitative estimate of drug-likeness (QED) is 0.428. The third-order valence-electron chi connectivity index (χ3n) is 5.83. The molecule has 0 saturated carbocycles. The Morgan fingerprint density at radius 3 is 2.58 bits per heavy atom. The van der Waals surface area contributed by atoms with Crippen molar-refractivity contribution in [1.82, 2.24) is 19.7 Å². The molecule has 0 atom stereocenters. The van der Waals surface area contributed by atoms with E-state index in [0.29, 0.717) is 34.0 Å². The average Bonchev–Trinajstić information content (AvgIpc) is 3.32. The molecule has 3 aromatic heterocycles. The van der Waals surface area contributed by atoms with Gasteiger partial charge in [0.25, 0.3) is 5.91 Å². The fourth-order valence-electron chi connectivity index (χ4n) is 4.10. The van der Waals surface area contributed by atoms with Crippen molar-refractivity contribution in [3.63, 3.8) is 0 Å². The van der Waals surface area contributed by atoms with Crippen LogP contribution >= 0.6 is 0 Å². The third kappa shape index (κ3) is 4.82. The molecule has 0 bridgehead atoms. The molecule has 0 spiro atoms. The van der Waals surface area contributed by atoms with Crippen molar-refractivity contribution in [3.8, 4) is 11.9 Å². The van der Waals surface area contributed by atoms with Crippen LogP contribution < -0.4 is 15.5 Å². The lowest BCUT2D eigenvalue weighted by Gasteiger charge is -2.28. The highest BCUT2D eigenvalue weighted by Gasteiger charge is 2.17. The van der Waals surface area contributed by atoms with Gasteiger partial charge < -0.3 is 20.3 Å². The molecule has 5 rings (SSSR count). The van der Waals surface area contributed by atoms with E-state index in [1.54, 1.807) is 23.0 Å². The van der Waals surface area contributed by atoms with Gasteiger partial charge in [-0.2, -0.15) is 15.0 Å². The number of ether oxygens (including phenoxy) is 1. The van der Waals surface area contributed by atoms with E-state index in [0.717, 1.165) is 37.4 Å². The van der Waals surface area contributed by atoms with Gasteiger partial charge in [0.05, 0.1) is 36.2 Å². The van der Waals surface area contributed by atoms with Gasteiger partial charge in [0.2, 0.25) is 0 Å². The number of fused-ring (bicyclic) bond motifs is 1. The van der Waals surface area contributed by atoms with E-state index in [4.69, 9.17) is 10.00 Å². The van der Waals surface area contributed by atoms with E-state index < -0.39 is 0 Å². The summed E-state index contributed by atoms with van der Waals surface area (Å²) in [5.41, 5.74) is 3.89. The van der Waals surface area contributed by atoms with Crippen LogP contribution in [0.2, 0.25) is 0 Å². The SMILES string of the molecule is CC(C)Nc1cc(-n2ncc3cc(C#N)cnc32)ncc1C(=O)Nc1ccc(N2CCOCC2)cc1. The van der Waals surface area contributed by atoms with Crippen molar-refractivity contribution in [2.75, 3.05) is 41.8 Å². The number of hydrogen-bond acceptors (Lipinski definition) is 8. The van der Waals surface area contributed by atoms with Crippen LogP contribution in [-0.4, -0.2) is 58.0 Å². The lowest BCUT2D eigenvalue weighted by atomic mass is 10.1. The van der Waals surface area contributed by atoms with E-state index in [-0.39, 0.29) is 11.9 Å². The first-order chi connectivity index (χ1) is 17.5. The van der Waals surface area contributed by atoms with E-state index >= 15 is 0 Å². The zero-order valence-electron chi connectivity index (χ0n) is 20.1. The molecule has 1 aliphatic rings. The molecule has 4 aromatic rings. The van der Waals surface area contributed by atoms with Gasteiger partial charge in [0.1, 0.15) is 6.07 Å². The second-order valence-electron chi connectivity index (χ2n) is 8.79. The Morgan fingerprint density at radius 1 is 1.08 bits per heavy atom. The fraction of sp³-hybridized carbons (Fsp3) is 0.269. The molecule has 1 amide bonds. The van der Waals surface area contributed by atoms with Gasteiger partial charge in [-0.05, 0) is 44.2 Å². The van der Waals surface area contributed by atoms with Crippen molar-refractivity contribution in [3.05, 3.63) is 66.1 Å². The largest absolute Gasteiger partial charge is 0.382 e. The molecule has 1 saturated heterocycles. The van der Waals surface area contributed by atoms with Gasteiger partial charge in [-0.15, -0.1) is 0 Å². The molecule has 10 nitrogen and oxygen atoms in total. The van der Waals surface area contributed by atoms with Crippen molar-refractivity contribution >= 4 is 34.0 Å². The van der Waals surface area contributed by atoms with Crippen LogP contribution in [0.1, 0.15) is 29.8 Å². The van der Waals surface area contributed by atoms with E-state index in [2.05, 4.69) is 36.7 Å². The van der Waals surface area contributed by atoms with Crippen LogP contribution in [0.5, 0.6) is 0 Å². The Kier molecular flexibility index (Phi) is 6.47. The van der Waals surface area contributed by atoms with Gasteiger partial charge in [0, 0.05) is 54.4 Å². The topological polar surface area (TPSA) is 121 Å². The summed E-state index contributed by atoms with van der Waals surface area (Å²) in [5.74, 6) is 0.246. The number of nitrogens with zero attached hydrogens (tertiary/aromatic N) is 6. The van der Waals surface area contributed by atoms with Gasteiger partial charge in [-0.25, -0.2) is 9.97 Å². The molecule has 1 aromatic carbocycles. The number of aromatic nitrogens is 4. The normalized spacial score (nSPS) is 13.6. The maximum absolute atomic E-state index is 13.2. The minimum Gasteiger partial charge on any atom is -0.382 e. The number of nitriles is 1. The number of rotatable bonds is 6. The summed E-state index contributed by atoms with van der Waals surface area (Å²) in [6.07, 6.45) is 4.68. The number of pyridine rings is 2. The summed E-state index contributed by atoms with van der Waals surface area (Å²) in [4.78, 5) is 24.3. The summed E-state index contributed by atoms with van der Waals surface area (Å²) < 4.78 is 7.01. The molecule has 0 aliphatic carbocycles. The lowest BCUT2D eigenvalue weighted by molar-refractivity contribution is 0.102. The Hall–Kier alpha value is -4.49. The molecule has 36 heavy (non-hydrogen) atoms. The molecule has 4 heterocycles. The Balaban J connectivity index is 1.40. The average molecular weight is 483 g/mol. The van der Waals surface area contributed by atoms with Gasteiger partial charge in [0.15, 0.2) is 11.5 Å². The second kappa shape index (κ2) is 10.0. The van der Waals surface area contributed by atoms with Crippen LogP contribution in [0.4, 0.5) is 17.1 Å². The number of morpholine rings is 1. The molecule has 182 valence electrons. The summed E-state index contributed by atoms with van der Waals surface area (Å²) in [7, 11) is 0. The predicted molar refractivity (Wildman–Crippen MR) is 138 cm³/mol. The molecule has 10 heteroatoms. The Bertz CT molecular complexity index is 1430. The first kappa shape index (κ1) is 23.3. The van der Waals surface area contributed by atoms with Crippen LogP contribution in [-0.2, 0) is 4.74 Å². The maximum Gasteiger partial charge on any atom is 0.259 e. The number of anilines is 3. The Morgan fingerprint density at radius 2 is 1.86 bits per heavy atom. The summed E-state index contributed by atoms with van der Waals surface area (Å²) in [5, 5.41) is 20.6. The van der Waals surface area contributed by atoms with Crippen LogP contribution in [0.25, 0.3) is 16.9 Å². The Labute approximate surface area is 208 Å². The smallest absolute Gasteiger partial charge is 0.259 e. The number of carbonyl (C=O) groups is 1. The van der Waals surface area contributed by atoms with Crippen molar-refractivity contribution in [2.24, 2.45) is 0 Å². The van der Waals surface area contributed by atoms with Gasteiger partial charge in [-0.1, -0.05) is 0 Å². The highest BCUT2D eigenvalue weighted by atomic mass is 16.5. The lowest BCUT2D eigenvalue weighted by Crippen LogP contribution is -2.36. The summed E-state index contributed by atoms with van der Waals surface area (Å²) in [6, 6.07) is 13.5. The number of hydrogen-bond donors (Lipinski definition) is 2. The number of carbonyl (C=O) groups excluding carboxylic acids is 1. The van der Waals surface area contributed by atoms with Crippen molar-refractivity contribution in [1.29, 1.82) is 5.26 Å². The van der Waals surface area contributed by atoms with E-state index in [1.807, 2.05) is 38.1 Å². The zero-order valence-corrected chi connectivity index (χ0v) is 20.1. The van der Waals surface area contributed by atoms with Crippen molar-refractivity contribution < 1.29 is 9.53 Å².